The SMILES string of the molecule is Cc1cc(CN[C@H](CO)C(=O)O)c(OCc2cccc(Cl)c2)cc1OCc1cccn(-c2ccc3c(c2)OCCO3)c1=O. The quantitative estimate of drug-likeness (QED) is 0.217. The maximum Gasteiger partial charge on any atom is 0.323 e. The van der Waals surface area contributed by atoms with E-state index < -0.39 is 18.6 Å². The second-order valence-electron chi connectivity index (χ2n) is 9.92. The van der Waals surface area contributed by atoms with Crippen LogP contribution in [-0.2, 0) is 24.6 Å². The Bertz CT molecular complexity index is 1670. The molecule has 1 aliphatic heterocycles. The summed E-state index contributed by atoms with van der Waals surface area (Å²) in [5.74, 6) is 1.01. The molecule has 2 heterocycles. The zero-order chi connectivity index (χ0) is 30.3. The Balaban J connectivity index is 1.37. The van der Waals surface area contributed by atoms with Gasteiger partial charge in [-0.3, -0.25) is 19.5 Å². The van der Waals surface area contributed by atoms with Crippen molar-refractivity contribution in [3.63, 3.8) is 0 Å². The number of hydrogen-bond acceptors (Lipinski definition) is 8. The van der Waals surface area contributed by atoms with Crippen molar-refractivity contribution in [2.45, 2.75) is 32.7 Å². The number of carbonyl (C=O) groups is 1. The van der Waals surface area contributed by atoms with Crippen LogP contribution in [0.3, 0.4) is 0 Å². The van der Waals surface area contributed by atoms with E-state index in [4.69, 9.17) is 30.5 Å². The Morgan fingerprint density at radius 1 is 0.977 bits per heavy atom. The second-order valence-corrected chi connectivity index (χ2v) is 10.4. The number of hydrogen-bond donors (Lipinski definition) is 3. The number of pyridine rings is 1. The highest BCUT2D eigenvalue weighted by Crippen LogP contribution is 2.32. The molecule has 224 valence electrons. The van der Waals surface area contributed by atoms with Gasteiger partial charge in [0.25, 0.3) is 5.56 Å². The molecule has 1 aromatic heterocycles. The van der Waals surface area contributed by atoms with Crippen molar-refractivity contribution in [2.75, 3.05) is 19.8 Å². The third-order valence-corrected chi connectivity index (χ3v) is 7.11. The van der Waals surface area contributed by atoms with Gasteiger partial charge in [0.1, 0.15) is 44.0 Å². The number of carboxylic acid groups (broad SMARTS) is 1. The molecule has 0 fully saturated rings. The van der Waals surface area contributed by atoms with Crippen LogP contribution in [0.15, 0.2) is 77.7 Å². The number of aliphatic carboxylic acids is 1. The summed E-state index contributed by atoms with van der Waals surface area (Å²) in [4.78, 5) is 24.8. The van der Waals surface area contributed by atoms with Gasteiger partial charge in [0.15, 0.2) is 11.5 Å². The van der Waals surface area contributed by atoms with Crippen LogP contribution in [0.4, 0.5) is 0 Å². The smallest absolute Gasteiger partial charge is 0.323 e. The third kappa shape index (κ3) is 7.29. The third-order valence-electron chi connectivity index (χ3n) is 6.87. The summed E-state index contributed by atoms with van der Waals surface area (Å²) in [5.41, 5.74) is 3.12. The molecule has 3 aromatic carbocycles. The van der Waals surface area contributed by atoms with Crippen LogP contribution in [0.25, 0.3) is 5.69 Å². The van der Waals surface area contributed by atoms with Crippen LogP contribution in [0, 0.1) is 6.92 Å². The number of aromatic nitrogens is 1. The summed E-state index contributed by atoms with van der Waals surface area (Å²) in [5, 5.41) is 22.1. The lowest BCUT2D eigenvalue weighted by Gasteiger charge is -2.19. The van der Waals surface area contributed by atoms with Gasteiger partial charge in [-0.25, -0.2) is 0 Å². The number of rotatable bonds is 12. The zero-order valence-corrected chi connectivity index (χ0v) is 24.2. The molecule has 0 saturated carbocycles. The van der Waals surface area contributed by atoms with Gasteiger partial charge < -0.3 is 29.2 Å². The molecule has 0 saturated heterocycles. The van der Waals surface area contributed by atoms with E-state index in [-0.39, 0.29) is 25.3 Å². The minimum absolute atomic E-state index is 0.00198. The summed E-state index contributed by atoms with van der Waals surface area (Å²) >= 11 is 6.12. The van der Waals surface area contributed by atoms with Gasteiger partial charge in [0.2, 0.25) is 0 Å². The molecule has 5 rings (SSSR count). The van der Waals surface area contributed by atoms with Crippen molar-refractivity contribution in [2.24, 2.45) is 0 Å². The molecule has 0 amide bonds. The Hall–Kier alpha value is -4.51. The summed E-state index contributed by atoms with van der Waals surface area (Å²) in [7, 11) is 0. The van der Waals surface area contributed by atoms with Crippen molar-refractivity contribution >= 4 is 17.6 Å². The Morgan fingerprint density at radius 3 is 2.53 bits per heavy atom. The van der Waals surface area contributed by atoms with Gasteiger partial charge in [-0.2, -0.15) is 0 Å². The van der Waals surface area contributed by atoms with Gasteiger partial charge in [0.05, 0.1) is 17.9 Å². The lowest BCUT2D eigenvalue weighted by Crippen LogP contribution is -2.39. The normalized spacial score (nSPS) is 12.9. The fourth-order valence-corrected chi connectivity index (χ4v) is 4.81. The average molecular weight is 607 g/mol. The molecular weight excluding hydrogens is 576 g/mol. The predicted octanol–water partition coefficient (Wildman–Crippen LogP) is 4.26. The predicted molar refractivity (Wildman–Crippen MR) is 160 cm³/mol. The fourth-order valence-electron chi connectivity index (χ4n) is 4.60. The lowest BCUT2D eigenvalue weighted by atomic mass is 10.1. The molecule has 43 heavy (non-hydrogen) atoms. The number of aliphatic hydroxyl groups is 1. The topological polar surface area (TPSA) is 128 Å². The molecule has 0 spiro atoms. The largest absolute Gasteiger partial charge is 0.488 e. The maximum absolute atomic E-state index is 13.4. The number of aliphatic hydroxyl groups excluding tert-OH is 1. The molecule has 0 unspecified atom stereocenters. The van der Waals surface area contributed by atoms with Gasteiger partial charge in [-0.15, -0.1) is 0 Å². The number of carboxylic acids is 1. The summed E-state index contributed by atoms with van der Waals surface area (Å²) in [6.07, 6.45) is 1.68. The van der Waals surface area contributed by atoms with Crippen molar-refractivity contribution < 1.29 is 34.0 Å². The van der Waals surface area contributed by atoms with Crippen molar-refractivity contribution in [1.82, 2.24) is 9.88 Å². The first-order valence-corrected chi connectivity index (χ1v) is 14.0. The molecule has 1 atom stereocenters. The Labute approximate surface area is 253 Å². The van der Waals surface area contributed by atoms with E-state index in [1.807, 2.05) is 25.1 Å². The highest BCUT2D eigenvalue weighted by atomic mass is 35.5. The van der Waals surface area contributed by atoms with Gasteiger partial charge in [-0.05, 0) is 60.5 Å². The number of ether oxygens (including phenoxy) is 4. The molecule has 0 radical (unpaired) electrons. The van der Waals surface area contributed by atoms with E-state index in [9.17, 15) is 19.8 Å². The van der Waals surface area contributed by atoms with Gasteiger partial charge in [-0.1, -0.05) is 23.7 Å². The highest BCUT2D eigenvalue weighted by Gasteiger charge is 2.18. The summed E-state index contributed by atoms with van der Waals surface area (Å²) in [6, 6.07) is 18.5. The van der Waals surface area contributed by atoms with Crippen LogP contribution in [0.2, 0.25) is 5.02 Å². The van der Waals surface area contributed by atoms with Crippen molar-refractivity contribution in [1.29, 1.82) is 0 Å². The Morgan fingerprint density at radius 2 is 1.77 bits per heavy atom. The zero-order valence-electron chi connectivity index (χ0n) is 23.4. The number of nitrogens with one attached hydrogen (secondary N) is 1. The number of benzene rings is 3. The number of aryl methyl sites for hydroxylation is 1. The van der Waals surface area contributed by atoms with E-state index in [1.165, 1.54) is 4.57 Å². The van der Waals surface area contributed by atoms with E-state index in [0.717, 1.165) is 11.1 Å². The van der Waals surface area contributed by atoms with Crippen molar-refractivity contribution in [3.05, 3.63) is 111 Å². The molecule has 10 nitrogen and oxygen atoms in total. The van der Waals surface area contributed by atoms with E-state index >= 15 is 0 Å². The monoisotopic (exact) mass is 606 g/mol. The molecule has 1 aliphatic rings. The maximum atomic E-state index is 13.4. The van der Waals surface area contributed by atoms with Gasteiger partial charge in [0, 0.05) is 35.5 Å². The first-order valence-electron chi connectivity index (χ1n) is 13.6. The van der Waals surface area contributed by atoms with E-state index in [2.05, 4.69) is 5.32 Å². The second kappa shape index (κ2) is 13.6. The van der Waals surface area contributed by atoms with Crippen molar-refractivity contribution in [3.8, 4) is 28.7 Å². The minimum Gasteiger partial charge on any atom is -0.488 e. The molecule has 4 aromatic rings. The van der Waals surface area contributed by atoms with Crippen LogP contribution in [0.1, 0.15) is 22.3 Å². The van der Waals surface area contributed by atoms with Gasteiger partial charge >= 0.3 is 5.97 Å². The number of halogens is 1. The first kappa shape index (κ1) is 30.0. The summed E-state index contributed by atoms with van der Waals surface area (Å²) < 4.78 is 25.0. The molecule has 3 N–H and O–H groups in total. The molecule has 11 heteroatoms. The molecule has 0 bridgehead atoms. The van der Waals surface area contributed by atoms with Crippen LogP contribution < -0.4 is 29.8 Å². The van der Waals surface area contributed by atoms with E-state index in [1.54, 1.807) is 54.7 Å². The standard InChI is InChI=1S/C32H31ClN2O8/c1-20-12-23(16-34-26(17-36)32(38)39)29(42-18-21-4-2-6-24(33)13-21)15-28(20)43-19-22-5-3-9-35(31(22)37)25-7-8-27-30(14-25)41-11-10-40-27/h2-9,12-15,26,34,36H,10-11,16-19H2,1H3,(H,38,39)/t26-/m1/s1. The summed E-state index contributed by atoms with van der Waals surface area (Å²) in [6.45, 7) is 2.55. The van der Waals surface area contributed by atoms with Crippen LogP contribution >= 0.6 is 11.6 Å². The highest BCUT2D eigenvalue weighted by molar-refractivity contribution is 6.30. The van der Waals surface area contributed by atoms with Crippen LogP contribution in [0.5, 0.6) is 23.0 Å². The Kier molecular flexibility index (Phi) is 9.51. The number of fused-ring (bicyclic) bond motifs is 1. The van der Waals surface area contributed by atoms with Crippen LogP contribution in [-0.4, -0.2) is 46.6 Å². The minimum atomic E-state index is -1.16. The first-order chi connectivity index (χ1) is 20.8. The molecular formula is C32H31ClN2O8. The average Bonchev–Trinajstić information content (AvgIpc) is 3.00. The number of nitrogens with zero attached hydrogens (tertiary/aromatic N) is 1. The molecule has 0 aliphatic carbocycles. The lowest BCUT2D eigenvalue weighted by molar-refractivity contribution is -0.140. The van der Waals surface area contributed by atoms with E-state index in [0.29, 0.717) is 58.0 Å². The fraction of sp³-hybridized carbons (Fsp3) is 0.250.